The van der Waals surface area contributed by atoms with Crippen LogP contribution in [-0.2, 0) is 16.9 Å². The first kappa shape index (κ1) is 35.2. The molecule has 50 heavy (non-hydrogen) atoms. The molecule has 0 aliphatic carbocycles. The van der Waals surface area contributed by atoms with Crippen LogP contribution < -0.4 is 35.9 Å². The predicted molar refractivity (Wildman–Crippen MR) is 197 cm³/mol. The molecule has 1 aliphatic heterocycles. The number of thioether (sulfide) groups is 1. The number of fused-ring (bicyclic) bond motifs is 2. The average Bonchev–Trinajstić information content (AvgIpc) is 3.48. The van der Waals surface area contributed by atoms with E-state index in [-0.39, 0.29) is 23.6 Å². The third-order valence-corrected chi connectivity index (χ3v) is 10.2. The van der Waals surface area contributed by atoms with Crippen molar-refractivity contribution in [1.29, 1.82) is 0 Å². The molecule has 1 aliphatic rings. The SMILES string of the molecule is COc1ccc(C(OC[C@H](O)C[n+]2ccc(/C=C3\Sc4ccccc4N3C)c3ccccc32)(c2ccccc2)c2ccc(OC)cc2)cc1.[Br-]. The Labute approximate surface area is 308 Å². The van der Waals surface area contributed by atoms with Crippen molar-refractivity contribution in [2.75, 3.05) is 32.8 Å². The Balaban J connectivity index is 0.00000432. The van der Waals surface area contributed by atoms with E-state index in [2.05, 4.69) is 89.5 Å². The predicted octanol–water partition coefficient (Wildman–Crippen LogP) is 5.06. The summed E-state index contributed by atoms with van der Waals surface area (Å²) in [6.07, 6.45) is 3.50. The molecule has 0 amide bonds. The number of anilines is 1. The van der Waals surface area contributed by atoms with Gasteiger partial charge in [-0.15, -0.1) is 0 Å². The molecule has 0 fully saturated rings. The van der Waals surface area contributed by atoms with Gasteiger partial charge in [-0.3, -0.25) is 0 Å². The molecule has 5 aromatic carbocycles. The van der Waals surface area contributed by atoms with Gasteiger partial charge in [0, 0.05) is 24.1 Å². The summed E-state index contributed by atoms with van der Waals surface area (Å²) in [6, 6.07) is 44.9. The van der Waals surface area contributed by atoms with Gasteiger partial charge in [0.25, 0.3) is 0 Å². The second kappa shape index (κ2) is 15.5. The van der Waals surface area contributed by atoms with Gasteiger partial charge in [-0.25, -0.2) is 0 Å². The van der Waals surface area contributed by atoms with Crippen LogP contribution in [0.3, 0.4) is 0 Å². The topological polar surface area (TPSA) is 55.0 Å². The van der Waals surface area contributed by atoms with Crippen LogP contribution in [0.2, 0.25) is 0 Å². The molecule has 1 N–H and O–H groups in total. The minimum Gasteiger partial charge on any atom is -1.00 e. The number of hydrogen-bond acceptors (Lipinski definition) is 6. The van der Waals surface area contributed by atoms with Crippen molar-refractivity contribution in [3.63, 3.8) is 0 Å². The normalized spacial score (nSPS) is 13.9. The minimum absolute atomic E-state index is 0. The number of aliphatic hydroxyl groups excluding tert-OH is 1. The van der Waals surface area contributed by atoms with Crippen LogP contribution in [0.25, 0.3) is 17.0 Å². The number of pyridine rings is 1. The van der Waals surface area contributed by atoms with Crippen molar-refractivity contribution in [1.82, 2.24) is 0 Å². The average molecular weight is 748 g/mol. The number of aromatic nitrogens is 1. The van der Waals surface area contributed by atoms with Crippen molar-refractivity contribution in [2.24, 2.45) is 0 Å². The number of hydrogen-bond donors (Lipinski definition) is 1. The lowest BCUT2D eigenvalue weighted by Crippen LogP contribution is -3.00. The number of nitrogens with zero attached hydrogens (tertiary/aromatic N) is 2. The van der Waals surface area contributed by atoms with Gasteiger partial charge in [0.15, 0.2) is 12.7 Å². The largest absolute Gasteiger partial charge is 1.00 e. The van der Waals surface area contributed by atoms with Gasteiger partial charge >= 0.3 is 0 Å². The third kappa shape index (κ3) is 6.89. The van der Waals surface area contributed by atoms with Crippen LogP contribution in [0.1, 0.15) is 22.3 Å². The van der Waals surface area contributed by atoms with Crippen LogP contribution in [-0.4, -0.2) is 39.1 Å². The Morgan fingerprint density at radius 2 is 1.32 bits per heavy atom. The standard InChI is InChI=1S/C42H39N2O4S.BrH/c1-43-39-15-9-10-16-40(39)49-41(43)27-30-25-26-44(38-14-8-7-13-37(30)38)28-34(45)29-48-42(31-11-5-4-6-12-31,32-17-21-35(46-2)22-18-32)33-19-23-36(47-3)24-20-33;/h4-27,34,45H,28-29H2,1-3H3;1H/q+1;/p-1/t34-;/m1./s1. The summed E-state index contributed by atoms with van der Waals surface area (Å²) in [5.74, 6) is 1.51. The maximum Gasteiger partial charge on any atom is 0.213 e. The molecular formula is C42H39BrN2O4S. The van der Waals surface area contributed by atoms with E-state index >= 15 is 0 Å². The summed E-state index contributed by atoms with van der Waals surface area (Å²) in [4.78, 5) is 3.49. The highest BCUT2D eigenvalue weighted by Gasteiger charge is 2.39. The molecule has 0 spiro atoms. The summed E-state index contributed by atoms with van der Waals surface area (Å²) >= 11 is 1.78. The van der Waals surface area contributed by atoms with Crippen molar-refractivity contribution < 1.29 is 40.9 Å². The molecule has 254 valence electrons. The first-order valence-corrected chi connectivity index (χ1v) is 17.1. The Bertz CT molecular complexity index is 2040. The zero-order valence-corrected chi connectivity index (χ0v) is 30.6. The molecule has 0 saturated carbocycles. The molecule has 6 aromatic rings. The van der Waals surface area contributed by atoms with Gasteiger partial charge in [-0.05, 0) is 70.8 Å². The third-order valence-electron chi connectivity index (χ3n) is 9.08. The summed E-state index contributed by atoms with van der Waals surface area (Å²) in [5.41, 5.74) is 5.17. The number of halogens is 1. The van der Waals surface area contributed by atoms with Crippen LogP contribution >= 0.6 is 11.8 Å². The molecule has 1 aromatic heterocycles. The quantitative estimate of drug-likeness (QED) is 0.148. The highest BCUT2D eigenvalue weighted by atomic mass is 79.9. The van der Waals surface area contributed by atoms with E-state index in [1.807, 2.05) is 72.8 Å². The maximum absolute atomic E-state index is 11.7. The lowest BCUT2D eigenvalue weighted by atomic mass is 9.80. The second-order valence-corrected chi connectivity index (χ2v) is 13.1. The highest BCUT2D eigenvalue weighted by Crippen LogP contribution is 2.46. The van der Waals surface area contributed by atoms with Gasteiger partial charge in [0.2, 0.25) is 5.52 Å². The Morgan fingerprint density at radius 1 is 0.740 bits per heavy atom. The molecule has 8 heteroatoms. The van der Waals surface area contributed by atoms with Crippen LogP contribution in [0.15, 0.2) is 150 Å². The molecule has 7 rings (SSSR count). The first-order chi connectivity index (χ1) is 24.0. The van der Waals surface area contributed by atoms with Crippen LogP contribution in [0.4, 0.5) is 5.69 Å². The smallest absolute Gasteiger partial charge is 0.213 e. The molecule has 6 nitrogen and oxygen atoms in total. The molecular weight excluding hydrogens is 708 g/mol. The Hall–Kier alpha value is -4.60. The van der Waals surface area contributed by atoms with Crippen molar-refractivity contribution in [2.45, 2.75) is 23.1 Å². The summed E-state index contributed by atoms with van der Waals surface area (Å²) < 4.78 is 20.0. The number of benzene rings is 5. The number of para-hydroxylation sites is 2. The maximum atomic E-state index is 11.7. The van der Waals surface area contributed by atoms with Crippen molar-refractivity contribution in [3.05, 3.63) is 167 Å². The number of rotatable bonds is 11. The highest BCUT2D eigenvalue weighted by molar-refractivity contribution is 8.03. The van der Waals surface area contributed by atoms with Crippen molar-refractivity contribution >= 4 is 34.4 Å². The summed E-state index contributed by atoms with van der Waals surface area (Å²) in [7, 11) is 5.43. The second-order valence-electron chi connectivity index (χ2n) is 12.0. The minimum atomic E-state index is -1.01. The molecule has 0 radical (unpaired) electrons. The molecule has 0 bridgehead atoms. The number of ether oxygens (including phenoxy) is 3. The fourth-order valence-corrected chi connectivity index (χ4v) is 7.65. The van der Waals surface area contributed by atoms with Crippen LogP contribution in [0.5, 0.6) is 11.5 Å². The van der Waals surface area contributed by atoms with Gasteiger partial charge in [-0.2, -0.15) is 4.57 Å². The Kier molecular flexibility index (Phi) is 10.9. The lowest BCUT2D eigenvalue weighted by molar-refractivity contribution is -0.679. The Morgan fingerprint density at radius 3 is 1.96 bits per heavy atom. The van der Waals surface area contributed by atoms with E-state index in [0.717, 1.165) is 44.7 Å². The summed E-state index contributed by atoms with van der Waals surface area (Å²) in [5, 5.41) is 13.9. The van der Waals surface area contributed by atoms with E-state index in [4.69, 9.17) is 14.2 Å². The number of aliphatic hydroxyl groups is 1. The lowest BCUT2D eigenvalue weighted by Gasteiger charge is -2.36. The van der Waals surface area contributed by atoms with E-state index in [1.54, 1.807) is 26.0 Å². The van der Waals surface area contributed by atoms with Crippen molar-refractivity contribution in [3.8, 4) is 11.5 Å². The summed E-state index contributed by atoms with van der Waals surface area (Å²) in [6.45, 7) is 0.438. The van der Waals surface area contributed by atoms with E-state index in [1.165, 1.54) is 15.6 Å². The first-order valence-electron chi connectivity index (χ1n) is 16.3. The zero-order valence-electron chi connectivity index (χ0n) is 28.2. The zero-order chi connectivity index (χ0) is 33.8. The van der Waals surface area contributed by atoms with Gasteiger partial charge in [0.1, 0.15) is 23.2 Å². The number of methoxy groups -OCH3 is 2. The molecule has 0 unspecified atom stereocenters. The van der Waals surface area contributed by atoms with E-state index < -0.39 is 11.7 Å². The molecule has 0 saturated heterocycles. The molecule has 2 heterocycles. The van der Waals surface area contributed by atoms with E-state index in [0.29, 0.717) is 6.54 Å². The van der Waals surface area contributed by atoms with E-state index in [9.17, 15) is 5.11 Å². The fraction of sp³-hybridized carbons (Fsp3) is 0.167. The fourth-order valence-electron chi connectivity index (χ4n) is 6.55. The molecule has 1 atom stereocenters. The van der Waals surface area contributed by atoms with Gasteiger partial charge < -0.3 is 41.2 Å². The van der Waals surface area contributed by atoms with Crippen LogP contribution in [0, 0.1) is 0 Å². The van der Waals surface area contributed by atoms with Gasteiger partial charge in [0.05, 0.1) is 36.9 Å². The monoisotopic (exact) mass is 746 g/mol. The van der Waals surface area contributed by atoms with Gasteiger partial charge in [-0.1, -0.05) is 90.6 Å².